The second-order valence-electron chi connectivity index (χ2n) is 6.24. The standard InChI is InChI=1S/C16H35N3OS.HI/c1-7-10-16(20,11-8-2)13-19-14(17-9-3)18-12-15(4,5)21-6;/h20H,7-13H2,1-6H3,(H2,17,18,19);1H. The van der Waals surface area contributed by atoms with Gasteiger partial charge in [-0.2, -0.15) is 11.8 Å². The SMILES string of the molecule is CCCC(O)(CCC)CN=C(NCC)NCC(C)(C)SC.I. The third kappa shape index (κ3) is 10.9. The number of halogens is 1. The summed E-state index contributed by atoms with van der Waals surface area (Å²) >= 11 is 1.83. The van der Waals surface area contributed by atoms with Gasteiger partial charge in [-0.15, -0.1) is 24.0 Å². The molecule has 0 aliphatic heterocycles. The molecule has 0 aliphatic rings. The summed E-state index contributed by atoms with van der Waals surface area (Å²) in [5, 5.41) is 17.3. The molecule has 0 heterocycles. The van der Waals surface area contributed by atoms with E-state index in [2.05, 4.69) is 56.5 Å². The average molecular weight is 445 g/mol. The van der Waals surface area contributed by atoms with Crippen molar-refractivity contribution < 1.29 is 5.11 Å². The van der Waals surface area contributed by atoms with Crippen LogP contribution in [-0.4, -0.2) is 47.3 Å². The Morgan fingerprint density at radius 3 is 2.05 bits per heavy atom. The molecule has 0 aliphatic carbocycles. The Kier molecular flexibility index (Phi) is 14.2. The molecule has 0 unspecified atom stereocenters. The van der Waals surface area contributed by atoms with Crippen molar-refractivity contribution in [3.63, 3.8) is 0 Å². The molecule has 22 heavy (non-hydrogen) atoms. The number of rotatable bonds is 10. The van der Waals surface area contributed by atoms with E-state index in [1.165, 1.54) is 0 Å². The molecule has 0 radical (unpaired) electrons. The highest BCUT2D eigenvalue weighted by atomic mass is 127. The summed E-state index contributed by atoms with van der Waals surface area (Å²) < 4.78 is 0.166. The van der Waals surface area contributed by atoms with Crippen molar-refractivity contribution in [2.24, 2.45) is 4.99 Å². The third-order valence-electron chi connectivity index (χ3n) is 3.54. The summed E-state index contributed by atoms with van der Waals surface area (Å²) in [6.45, 7) is 12.8. The molecule has 134 valence electrons. The minimum absolute atomic E-state index is 0. The lowest BCUT2D eigenvalue weighted by molar-refractivity contribution is 0.0306. The van der Waals surface area contributed by atoms with Gasteiger partial charge in [0.1, 0.15) is 0 Å². The van der Waals surface area contributed by atoms with Crippen LogP contribution in [-0.2, 0) is 0 Å². The fourth-order valence-corrected chi connectivity index (χ4v) is 2.37. The van der Waals surface area contributed by atoms with Crippen molar-refractivity contribution >= 4 is 41.7 Å². The number of aliphatic imine (C=N–C) groups is 1. The van der Waals surface area contributed by atoms with Gasteiger partial charge < -0.3 is 15.7 Å². The number of nitrogens with one attached hydrogen (secondary N) is 2. The molecule has 6 heteroatoms. The average Bonchev–Trinajstić information content (AvgIpc) is 2.42. The normalized spacial score (nSPS) is 12.8. The van der Waals surface area contributed by atoms with Gasteiger partial charge in [-0.05, 0) is 39.9 Å². The minimum atomic E-state index is -0.666. The van der Waals surface area contributed by atoms with Crippen LogP contribution in [0.25, 0.3) is 0 Å². The zero-order valence-corrected chi connectivity index (χ0v) is 18.3. The van der Waals surface area contributed by atoms with Gasteiger partial charge >= 0.3 is 0 Å². The Hall–Kier alpha value is 0.310. The van der Waals surface area contributed by atoms with Crippen LogP contribution in [0.1, 0.15) is 60.3 Å². The Bertz CT molecular complexity index is 306. The molecule has 0 atom stereocenters. The molecular formula is C16H36IN3OS. The van der Waals surface area contributed by atoms with Gasteiger partial charge in [0.05, 0.1) is 12.1 Å². The van der Waals surface area contributed by atoms with E-state index in [9.17, 15) is 5.11 Å². The number of hydrogen-bond donors (Lipinski definition) is 3. The lowest BCUT2D eigenvalue weighted by Crippen LogP contribution is -2.44. The van der Waals surface area contributed by atoms with Gasteiger partial charge in [0.25, 0.3) is 0 Å². The van der Waals surface area contributed by atoms with Crippen molar-refractivity contribution in [1.82, 2.24) is 10.6 Å². The Morgan fingerprint density at radius 1 is 1.09 bits per heavy atom. The molecule has 0 aromatic heterocycles. The first-order valence-corrected chi connectivity index (χ1v) is 9.34. The van der Waals surface area contributed by atoms with Crippen LogP contribution in [0.4, 0.5) is 0 Å². The summed E-state index contributed by atoms with van der Waals surface area (Å²) in [6, 6.07) is 0. The van der Waals surface area contributed by atoms with Gasteiger partial charge in [0.2, 0.25) is 0 Å². The van der Waals surface area contributed by atoms with E-state index < -0.39 is 5.60 Å². The van der Waals surface area contributed by atoms with Gasteiger partial charge in [-0.3, -0.25) is 4.99 Å². The summed E-state index contributed by atoms with van der Waals surface area (Å²) in [5.41, 5.74) is -0.666. The maximum Gasteiger partial charge on any atom is 0.191 e. The van der Waals surface area contributed by atoms with Crippen molar-refractivity contribution in [2.75, 3.05) is 25.9 Å². The fourth-order valence-electron chi connectivity index (χ4n) is 2.15. The van der Waals surface area contributed by atoms with E-state index in [4.69, 9.17) is 0 Å². The minimum Gasteiger partial charge on any atom is -0.388 e. The molecule has 0 aromatic carbocycles. The molecule has 0 amide bonds. The summed E-state index contributed by atoms with van der Waals surface area (Å²) in [7, 11) is 0. The van der Waals surface area contributed by atoms with E-state index in [0.717, 1.165) is 44.7 Å². The van der Waals surface area contributed by atoms with Crippen LogP contribution in [0.15, 0.2) is 4.99 Å². The first kappa shape index (κ1) is 24.6. The molecule has 4 nitrogen and oxygen atoms in total. The van der Waals surface area contributed by atoms with E-state index in [-0.39, 0.29) is 28.7 Å². The smallest absolute Gasteiger partial charge is 0.191 e. The van der Waals surface area contributed by atoms with Crippen molar-refractivity contribution in [3.05, 3.63) is 0 Å². The first-order valence-electron chi connectivity index (χ1n) is 8.12. The Morgan fingerprint density at radius 2 is 1.64 bits per heavy atom. The second-order valence-corrected chi connectivity index (χ2v) is 7.75. The number of nitrogens with zero attached hydrogens (tertiary/aromatic N) is 1. The summed E-state index contributed by atoms with van der Waals surface area (Å²) in [6.07, 6.45) is 5.69. The van der Waals surface area contributed by atoms with E-state index >= 15 is 0 Å². The fraction of sp³-hybridized carbons (Fsp3) is 0.938. The van der Waals surface area contributed by atoms with Crippen LogP contribution < -0.4 is 10.6 Å². The molecule has 0 saturated carbocycles. The summed E-state index contributed by atoms with van der Waals surface area (Å²) in [4.78, 5) is 4.60. The van der Waals surface area contributed by atoms with Gasteiger partial charge in [-0.25, -0.2) is 0 Å². The van der Waals surface area contributed by atoms with E-state index in [1.54, 1.807) is 0 Å². The molecule has 0 spiro atoms. The zero-order chi connectivity index (χ0) is 16.4. The number of thioether (sulfide) groups is 1. The number of aliphatic hydroxyl groups is 1. The highest BCUT2D eigenvalue weighted by Crippen LogP contribution is 2.21. The second kappa shape index (κ2) is 12.7. The van der Waals surface area contributed by atoms with Crippen LogP contribution in [0.3, 0.4) is 0 Å². The van der Waals surface area contributed by atoms with E-state index in [0.29, 0.717) is 6.54 Å². The molecule has 0 aromatic rings. The molecule has 0 fully saturated rings. The van der Waals surface area contributed by atoms with Crippen LogP contribution in [0, 0.1) is 0 Å². The highest BCUT2D eigenvalue weighted by molar-refractivity contribution is 14.0. The quantitative estimate of drug-likeness (QED) is 0.273. The third-order valence-corrected chi connectivity index (χ3v) is 4.79. The van der Waals surface area contributed by atoms with Gasteiger partial charge in [-0.1, -0.05) is 26.7 Å². The monoisotopic (exact) mass is 445 g/mol. The summed E-state index contributed by atoms with van der Waals surface area (Å²) in [5.74, 6) is 0.797. The molecule has 3 N–H and O–H groups in total. The largest absolute Gasteiger partial charge is 0.388 e. The van der Waals surface area contributed by atoms with Crippen molar-refractivity contribution in [1.29, 1.82) is 0 Å². The van der Waals surface area contributed by atoms with Crippen LogP contribution >= 0.6 is 35.7 Å². The van der Waals surface area contributed by atoms with Gasteiger partial charge in [0, 0.05) is 17.8 Å². The maximum atomic E-state index is 10.6. The van der Waals surface area contributed by atoms with E-state index in [1.807, 2.05) is 11.8 Å². The lowest BCUT2D eigenvalue weighted by Gasteiger charge is -2.27. The van der Waals surface area contributed by atoms with Crippen LogP contribution in [0.5, 0.6) is 0 Å². The predicted octanol–water partition coefficient (Wildman–Crippen LogP) is 3.63. The zero-order valence-electron chi connectivity index (χ0n) is 15.2. The first-order chi connectivity index (χ1) is 9.82. The molecule has 0 saturated heterocycles. The van der Waals surface area contributed by atoms with Crippen molar-refractivity contribution in [3.8, 4) is 0 Å². The van der Waals surface area contributed by atoms with Crippen molar-refractivity contribution in [2.45, 2.75) is 70.7 Å². The number of hydrogen-bond acceptors (Lipinski definition) is 3. The van der Waals surface area contributed by atoms with Crippen LogP contribution in [0.2, 0.25) is 0 Å². The molecular weight excluding hydrogens is 409 g/mol. The topological polar surface area (TPSA) is 56.7 Å². The van der Waals surface area contributed by atoms with Gasteiger partial charge in [0.15, 0.2) is 5.96 Å². The maximum absolute atomic E-state index is 10.6. The predicted molar refractivity (Wildman–Crippen MR) is 112 cm³/mol. The Labute approximate surface area is 158 Å². The molecule has 0 bridgehead atoms. The Balaban J connectivity index is 0. The lowest BCUT2D eigenvalue weighted by atomic mass is 9.93. The number of guanidine groups is 1. The highest BCUT2D eigenvalue weighted by Gasteiger charge is 2.24. The molecule has 0 rings (SSSR count).